The predicted octanol–water partition coefficient (Wildman–Crippen LogP) is 5.06. The molecule has 2 heterocycles. The van der Waals surface area contributed by atoms with Crippen LogP contribution in [0.5, 0.6) is 0 Å². The fourth-order valence-electron chi connectivity index (χ4n) is 3.52. The molecular weight excluding hydrogens is 417 g/mol. The van der Waals surface area contributed by atoms with Gasteiger partial charge in [0.25, 0.3) is 0 Å². The zero-order valence-corrected chi connectivity index (χ0v) is 16.9. The van der Waals surface area contributed by atoms with Gasteiger partial charge in [0, 0.05) is 41.4 Å². The molecule has 0 aliphatic carbocycles. The van der Waals surface area contributed by atoms with E-state index in [2.05, 4.69) is 5.32 Å². The number of hydrogen-bond donors (Lipinski definition) is 1. The molecule has 4 rings (SSSR count). The Morgan fingerprint density at radius 3 is 2.43 bits per heavy atom. The summed E-state index contributed by atoms with van der Waals surface area (Å²) in [6.07, 6.45) is 0. The van der Waals surface area contributed by atoms with E-state index in [0.717, 1.165) is 18.2 Å². The quantitative estimate of drug-likeness (QED) is 0.604. The Kier molecular flexibility index (Phi) is 5.92. The Labute approximate surface area is 175 Å². The summed E-state index contributed by atoms with van der Waals surface area (Å²) in [5.74, 6) is -1.03. The van der Waals surface area contributed by atoms with Crippen LogP contribution in [0.25, 0.3) is 11.0 Å². The first-order chi connectivity index (χ1) is 14.4. The van der Waals surface area contributed by atoms with Crippen molar-refractivity contribution in [2.75, 3.05) is 36.5 Å². The molecule has 1 saturated heterocycles. The van der Waals surface area contributed by atoms with Crippen LogP contribution in [0.3, 0.4) is 0 Å². The lowest BCUT2D eigenvalue weighted by Crippen LogP contribution is -2.36. The first kappa shape index (κ1) is 20.6. The Hall–Kier alpha value is -2.65. The number of benzene rings is 2. The van der Waals surface area contributed by atoms with Gasteiger partial charge in [0.1, 0.15) is 17.2 Å². The van der Waals surface area contributed by atoms with E-state index in [-0.39, 0.29) is 33.5 Å². The first-order valence-electron chi connectivity index (χ1n) is 9.40. The van der Waals surface area contributed by atoms with Gasteiger partial charge in [-0.15, -0.1) is 0 Å². The average molecular weight is 436 g/mol. The summed E-state index contributed by atoms with van der Waals surface area (Å²) >= 11 is 0.0121. The lowest BCUT2D eigenvalue weighted by Gasteiger charge is -2.27. The highest BCUT2D eigenvalue weighted by atomic mass is 32.2. The minimum absolute atomic E-state index is 0.0121. The molecular formula is C21H19F3N2O3S. The number of morpholine rings is 1. The maximum Gasteiger partial charge on any atom is 0.200 e. The number of nitrogens with zero attached hydrogens (tertiary/aromatic N) is 1. The molecule has 1 N–H and O–H groups in total. The fourth-order valence-corrected chi connectivity index (χ4v) is 3.85. The van der Waals surface area contributed by atoms with Crippen molar-refractivity contribution in [3.8, 4) is 0 Å². The fraction of sp³-hybridized carbons (Fsp3) is 0.286. The molecule has 1 atom stereocenters. The van der Waals surface area contributed by atoms with Gasteiger partial charge in [-0.05, 0) is 31.2 Å². The van der Waals surface area contributed by atoms with Gasteiger partial charge in [0.05, 0.1) is 36.8 Å². The molecule has 0 amide bonds. The van der Waals surface area contributed by atoms with Crippen molar-refractivity contribution in [2.45, 2.75) is 17.9 Å². The normalized spacial score (nSPS) is 15.4. The molecule has 5 nitrogen and oxygen atoms in total. The summed E-state index contributed by atoms with van der Waals surface area (Å²) < 4.78 is 51.9. The Morgan fingerprint density at radius 1 is 1.07 bits per heavy atom. The van der Waals surface area contributed by atoms with Crippen molar-refractivity contribution in [1.29, 1.82) is 0 Å². The van der Waals surface area contributed by atoms with Gasteiger partial charge < -0.3 is 19.4 Å². The topological polar surface area (TPSA) is 54.7 Å². The van der Waals surface area contributed by atoms with Crippen molar-refractivity contribution in [3.05, 3.63) is 63.8 Å². The third kappa shape index (κ3) is 4.27. The summed E-state index contributed by atoms with van der Waals surface area (Å²) in [5, 5.41) is 3.23. The molecule has 0 saturated carbocycles. The van der Waals surface area contributed by atoms with E-state index in [4.69, 9.17) is 9.15 Å². The van der Waals surface area contributed by atoms with E-state index >= 15 is 0 Å². The van der Waals surface area contributed by atoms with Crippen molar-refractivity contribution >= 4 is 34.7 Å². The van der Waals surface area contributed by atoms with Gasteiger partial charge in [-0.1, -0.05) is 0 Å². The second-order valence-electron chi connectivity index (χ2n) is 7.04. The molecule has 1 fully saturated rings. The van der Waals surface area contributed by atoms with Crippen molar-refractivity contribution < 1.29 is 21.8 Å². The summed E-state index contributed by atoms with van der Waals surface area (Å²) in [4.78, 5) is 14.9. The molecule has 1 aliphatic rings. The maximum atomic E-state index is 13.6. The smallest absolute Gasteiger partial charge is 0.200 e. The summed E-state index contributed by atoms with van der Waals surface area (Å²) in [6.45, 7) is 3.95. The molecule has 0 bridgehead atoms. The third-order valence-electron chi connectivity index (χ3n) is 4.94. The van der Waals surface area contributed by atoms with Gasteiger partial charge in [0.15, 0.2) is 11.3 Å². The van der Waals surface area contributed by atoms with Crippen molar-refractivity contribution in [1.82, 2.24) is 0 Å². The number of anilines is 2. The summed E-state index contributed by atoms with van der Waals surface area (Å²) in [6, 6.07) is 6.96. The largest absolute Gasteiger partial charge is 0.440 e. The number of halogens is 3. The van der Waals surface area contributed by atoms with E-state index in [0.29, 0.717) is 43.3 Å². The van der Waals surface area contributed by atoms with Crippen LogP contribution in [0.15, 0.2) is 50.5 Å². The minimum Gasteiger partial charge on any atom is -0.440 e. The van der Waals surface area contributed by atoms with Crippen molar-refractivity contribution in [3.63, 3.8) is 0 Å². The van der Waals surface area contributed by atoms with Gasteiger partial charge in [-0.25, -0.2) is 8.78 Å². The van der Waals surface area contributed by atoms with Crippen LogP contribution < -0.4 is 15.6 Å². The number of nitrogens with one attached hydrogen (secondary N) is 1. The van der Waals surface area contributed by atoms with E-state index in [1.807, 2.05) is 4.90 Å². The highest BCUT2D eigenvalue weighted by Crippen LogP contribution is 2.33. The van der Waals surface area contributed by atoms with Crippen LogP contribution >= 0.6 is 12.1 Å². The van der Waals surface area contributed by atoms with E-state index in [9.17, 15) is 17.5 Å². The van der Waals surface area contributed by atoms with Gasteiger partial charge in [0.2, 0.25) is 0 Å². The molecule has 1 unspecified atom stereocenters. The molecule has 1 aliphatic heterocycles. The minimum atomic E-state index is -0.719. The molecule has 3 aromatic rings. The highest BCUT2D eigenvalue weighted by molar-refractivity contribution is 7.94. The van der Waals surface area contributed by atoms with Gasteiger partial charge >= 0.3 is 0 Å². The predicted molar refractivity (Wildman–Crippen MR) is 111 cm³/mol. The Morgan fingerprint density at radius 2 is 1.77 bits per heavy atom. The second kappa shape index (κ2) is 8.61. The number of hydrogen-bond acceptors (Lipinski definition) is 6. The Balaban J connectivity index is 1.79. The van der Waals surface area contributed by atoms with E-state index < -0.39 is 17.7 Å². The van der Waals surface area contributed by atoms with Crippen LogP contribution in [0.2, 0.25) is 0 Å². The standard InChI is InChI=1S/C21H19F3N2O3S/c1-12(25-15-7-13(22)6-14(23)8-15)17-9-16(30-24)10-18-19(27)11-20(29-21(17)18)26-2-4-28-5-3-26/h6-12,25H,2-5H2,1H3. The molecule has 0 radical (unpaired) electrons. The molecule has 30 heavy (non-hydrogen) atoms. The SMILES string of the molecule is CC(Nc1cc(F)cc(F)c1)c1cc(SF)cc2c(=O)cc(N3CCOCC3)oc12. The maximum absolute atomic E-state index is 13.6. The summed E-state index contributed by atoms with van der Waals surface area (Å²) in [7, 11) is 0. The van der Waals surface area contributed by atoms with Gasteiger partial charge in [-0.3, -0.25) is 4.79 Å². The molecule has 1 aromatic heterocycles. The third-order valence-corrected chi connectivity index (χ3v) is 5.36. The molecule has 9 heteroatoms. The van der Waals surface area contributed by atoms with E-state index in [1.165, 1.54) is 12.1 Å². The molecule has 158 valence electrons. The van der Waals surface area contributed by atoms with Crippen LogP contribution in [0.1, 0.15) is 18.5 Å². The monoisotopic (exact) mass is 436 g/mol. The second-order valence-corrected chi connectivity index (χ2v) is 7.66. The van der Waals surface area contributed by atoms with Crippen LogP contribution in [-0.2, 0) is 4.74 Å². The average Bonchev–Trinajstić information content (AvgIpc) is 2.73. The summed E-state index contributed by atoms with van der Waals surface area (Å²) in [5.41, 5.74) is 0.736. The van der Waals surface area contributed by atoms with E-state index in [1.54, 1.807) is 13.0 Å². The van der Waals surface area contributed by atoms with Crippen LogP contribution in [0, 0.1) is 11.6 Å². The lowest BCUT2D eigenvalue weighted by molar-refractivity contribution is 0.121. The Bertz CT molecular complexity index is 1110. The highest BCUT2D eigenvalue weighted by Gasteiger charge is 2.20. The zero-order valence-electron chi connectivity index (χ0n) is 16.1. The zero-order chi connectivity index (χ0) is 21.3. The molecule has 0 spiro atoms. The number of fused-ring (bicyclic) bond motifs is 1. The molecule has 2 aromatic carbocycles. The lowest BCUT2D eigenvalue weighted by atomic mass is 10.0. The number of rotatable bonds is 5. The number of ether oxygens (including phenoxy) is 1. The van der Waals surface area contributed by atoms with Gasteiger partial charge in [-0.2, -0.15) is 3.89 Å². The first-order valence-corrected chi connectivity index (χ1v) is 10.1. The van der Waals surface area contributed by atoms with Crippen LogP contribution in [0.4, 0.5) is 24.2 Å². The van der Waals surface area contributed by atoms with Crippen LogP contribution in [-0.4, -0.2) is 26.3 Å². The van der Waals surface area contributed by atoms with Crippen molar-refractivity contribution in [2.24, 2.45) is 0 Å².